The Hall–Kier alpha value is -3.43. The van der Waals surface area contributed by atoms with Crippen LogP contribution in [0, 0.1) is 0 Å². The van der Waals surface area contributed by atoms with Gasteiger partial charge in [-0.1, -0.05) is 32.8 Å². The predicted octanol–water partition coefficient (Wildman–Crippen LogP) is 1.52. The van der Waals surface area contributed by atoms with Gasteiger partial charge in [0.05, 0.1) is 11.1 Å². The van der Waals surface area contributed by atoms with Crippen molar-refractivity contribution in [2.75, 3.05) is 5.32 Å². The van der Waals surface area contributed by atoms with E-state index in [2.05, 4.69) is 31.4 Å². The van der Waals surface area contributed by atoms with E-state index < -0.39 is 11.5 Å². The number of rotatable bonds is 9. The number of unbranched alkanes of at least 4 members (excludes halogenated alkanes) is 2. The number of carbonyl (C=O) groups is 3. The van der Waals surface area contributed by atoms with E-state index in [0.29, 0.717) is 12.8 Å². The Morgan fingerprint density at radius 1 is 1.00 bits per heavy atom. The van der Waals surface area contributed by atoms with Gasteiger partial charge in [-0.05, 0) is 25.0 Å². The van der Waals surface area contributed by atoms with E-state index in [4.69, 9.17) is 0 Å². The van der Waals surface area contributed by atoms with Crippen LogP contribution in [-0.4, -0.2) is 33.8 Å². The van der Waals surface area contributed by atoms with E-state index in [-0.39, 0.29) is 34.6 Å². The Morgan fingerprint density at radius 2 is 1.66 bits per heavy atom. The number of hydrogen-bond acceptors (Lipinski definition) is 5. The molecule has 0 spiro atoms. The van der Waals surface area contributed by atoms with Gasteiger partial charge in [-0.15, -0.1) is 0 Å². The molecule has 0 aromatic carbocycles. The number of aromatic nitrogens is 2. The van der Waals surface area contributed by atoms with Crippen molar-refractivity contribution in [1.29, 1.82) is 0 Å². The third kappa shape index (κ3) is 6.30. The molecule has 3 amide bonds. The number of amides is 3. The topological polar surface area (TPSA) is 148 Å². The minimum absolute atomic E-state index is 0.136. The first-order valence-electron chi connectivity index (χ1n) is 9.63. The van der Waals surface area contributed by atoms with Gasteiger partial charge in [0.2, 0.25) is 11.8 Å². The summed E-state index contributed by atoms with van der Waals surface area (Å²) in [6.45, 7) is 3.96. The van der Waals surface area contributed by atoms with Crippen LogP contribution in [0.2, 0.25) is 0 Å². The smallest absolute Gasteiger partial charge is 0.275 e. The van der Waals surface area contributed by atoms with E-state index in [0.717, 1.165) is 25.7 Å². The second-order valence-corrected chi connectivity index (χ2v) is 6.51. The third-order valence-corrected chi connectivity index (χ3v) is 4.15. The van der Waals surface area contributed by atoms with Crippen molar-refractivity contribution in [1.82, 2.24) is 20.9 Å². The molecule has 10 heteroatoms. The van der Waals surface area contributed by atoms with E-state index >= 15 is 0 Å². The summed E-state index contributed by atoms with van der Waals surface area (Å²) in [5.74, 6) is -0.498. The molecule has 10 nitrogen and oxygen atoms in total. The molecule has 0 saturated heterocycles. The normalized spacial score (nSPS) is 14.9. The fraction of sp³-hybridized carbons (Fsp3) is 0.421. The third-order valence-electron chi connectivity index (χ3n) is 4.15. The zero-order valence-corrected chi connectivity index (χ0v) is 16.6. The summed E-state index contributed by atoms with van der Waals surface area (Å²) in [5.41, 5.74) is 2.27. The van der Waals surface area contributed by atoms with Crippen LogP contribution in [0.15, 0.2) is 27.6 Å². The quantitative estimate of drug-likeness (QED) is 0.398. The first-order valence-corrected chi connectivity index (χ1v) is 9.63. The van der Waals surface area contributed by atoms with Crippen LogP contribution in [0.25, 0.3) is 6.08 Å². The predicted molar refractivity (Wildman–Crippen MR) is 110 cm³/mol. The van der Waals surface area contributed by atoms with E-state index in [1.807, 2.05) is 13.8 Å². The number of carbonyl (C=O) groups excluding carboxylic acids is 3. The first kappa shape index (κ1) is 21.9. The Morgan fingerprint density at radius 3 is 2.31 bits per heavy atom. The zero-order valence-electron chi connectivity index (χ0n) is 16.6. The van der Waals surface area contributed by atoms with Gasteiger partial charge in [0, 0.05) is 12.8 Å². The molecule has 156 valence electrons. The summed E-state index contributed by atoms with van der Waals surface area (Å²) in [6, 6.07) is 0. The second-order valence-electron chi connectivity index (χ2n) is 6.51. The summed E-state index contributed by atoms with van der Waals surface area (Å²) in [6.07, 6.45) is 8.33. The van der Waals surface area contributed by atoms with Gasteiger partial charge in [0.15, 0.2) is 5.84 Å². The summed E-state index contributed by atoms with van der Waals surface area (Å²) in [4.78, 5) is 47.7. The van der Waals surface area contributed by atoms with Crippen molar-refractivity contribution in [2.45, 2.75) is 52.4 Å². The minimum atomic E-state index is -0.462. The number of anilines is 1. The van der Waals surface area contributed by atoms with E-state index in [1.54, 1.807) is 0 Å². The molecular weight excluding hydrogens is 376 g/mol. The number of hydrazone groups is 1. The maximum atomic E-state index is 12.0. The maximum absolute atomic E-state index is 12.0. The van der Waals surface area contributed by atoms with Gasteiger partial charge in [-0.3, -0.25) is 29.4 Å². The van der Waals surface area contributed by atoms with Crippen molar-refractivity contribution in [3.63, 3.8) is 0 Å². The molecule has 0 saturated carbocycles. The number of allylic oxidation sites excluding steroid dienone is 2. The molecule has 5 N–H and O–H groups in total. The van der Waals surface area contributed by atoms with Crippen LogP contribution in [0.5, 0.6) is 0 Å². The number of nitrogens with zero attached hydrogens (tertiary/aromatic N) is 1. The highest BCUT2D eigenvalue weighted by atomic mass is 16.2. The number of H-pyrrole nitrogens is 2. The highest BCUT2D eigenvalue weighted by molar-refractivity contribution is 6.26. The Bertz CT molecular complexity index is 906. The SMILES string of the molecule is CCCCC(=O)NC1=NNC(=O)C1=CC=Cc1c(NC(=O)CCCC)[nH][nH]c1=O. The van der Waals surface area contributed by atoms with Crippen LogP contribution in [-0.2, 0) is 14.4 Å². The van der Waals surface area contributed by atoms with Crippen molar-refractivity contribution < 1.29 is 14.4 Å². The number of hydrogen-bond donors (Lipinski definition) is 5. The molecule has 0 fully saturated rings. The highest BCUT2D eigenvalue weighted by Gasteiger charge is 2.23. The number of amidine groups is 1. The molecule has 29 heavy (non-hydrogen) atoms. The summed E-state index contributed by atoms with van der Waals surface area (Å²) in [7, 11) is 0. The van der Waals surface area contributed by atoms with Crippen LogP contribution in [0.1, 0.15) is 57.9 Å². The molecule has 2 heterocycles. The zero-order chi connectivity index (χ0) is 21.2. The van der Waals surface area contributed by atoms with Crippen molar-refractivity contribution in [3.8, 4) is 0 Å². The molecule has 0 aliphatic carbocycles. The molecule has 1 aliphatic rings. The van der Waals surface area contributed by atoms with Gasteiger partial charge in [0.25, 0.3) is 11.5 Å². The summed E-state index contributed by atoms with van der Waals surface area (Å²) in [5, 5.41) is 14.1. The Balaban J connectivity index is 2.10. The molecule has 2 rings (SSSR count). The van der Waals surface area contributed by atoms with Crippen molar-refractivity contribution in [3.05, 3.63) is 33.6 Å². The number of nitrogens with one attached hydrogen (secondary N) is 5. The average Bonchev–Trinajstić information content (AvgIpc) is 3.21. The van der Waals surface area contributed by atoms with Gasteiger partial charge < -0.3 is 10.6 Å². The molecular formula is C19H26N6O4. The highest BCUT2D eigenvalue weighted by Crippen LogP contribution is 2.11. The first-order chi connectivity index (χ1) is 14.0. The lowest BCUT2D eigenvalue weighted by molar-refractivity contribution is -0.120. The van der Waals surface area contributed by atoms with Crippen LogP contribution in [0.4, 0.5) is 5.82 Å². The molecule has 0 bridgehead atoms. The van der Waals surface area contributed by atoms with Crippen LogP contribution < -0.4 is 21.6 Å². The molecule has 1 aliphatic heterocycles. The fourth-order valence-electron chi connectivity index (χ4n) is 2.52. The van der Waals surface area contributed by atoms with Crippen molar-refractivity contribution in [2.24, 2.45) is 5.10 Å². The molecule has 0 atom stereocenters. The molecule has 0 unspecified atom stereocenters. The van der Waals surface area contributed by atoms with E-state index in [1.165, 1.54) is 18.2 Å². The lowest BCUT2D eigenvalue weighted by Crippen LogP contribution is -2.31. The van der Waals surface area contributed by atoms with Crippen LogP contribution in [0.3, 0.4) is 0 Å². The Labute approximate surface area is 167 Å². The van der Waals surface area contributed by atoms with Crippen molar-refractivity contribution >= 4 is 35.5 Å². The van der Waals surface area contributed by atoms with Gasteiger partial charge in [-0.25, -0.2) is 5.43 Å². The maximum Gasteiger partial charge on any atom is 0.275 e. The van der Waals surface area contributed by atoms with Crippen LogP contribution >= 0.6 is 0 Å². The fourth-order valence-corrected chi connectivity index (χ4v) is 2.52. The average molecular weight is 402 g/mol. The van der Waals surface area contributed by atoms with E-state index in [9.17, 15) is 19.2 Å². The molecule has 0 radical (unpaired) electrons. The lowest BCUT2D eigenvalue weighted by Gasteiger charge is -2.03. The summed E-state index contributed by atoms with van der Waals surface area (Å²) >= 11 is 0. The van der Waals surface area contributed by atoms with Gasteiger partial charge in [-0.2, -0.15) is 5.10 Å². The molecule has 1 aromatic rings. The van der Waals surface area contributed by atoms with Gasteiger partial charge in [0.1, 0.15) is 5.82 Å². The van der Waals surface area contributed by atoms with Gasteiger partial charge >= 0.3 is 0 Å². The lowest BCUT2D eigenvalue weighted by atomic mass is 10.2. The Kier molecular flexibility index (Phi) is 8.13. The number of aromatic amines is 2. The second kappa shape index (κ2) is 10.8. The monoisotopic (exact) mass is 402 g/mol. The summed E-state index contributed by atoms with van der Waals surface area (Å²) < 4.78 is 0. The largest absolute Gasteiger partial charge is 0.311 e. The molecule has 1 aromatic heterocycles. The minimum Gasteiger partial charge on any atom is -0.311 e. The standard InChI is InChI=1S/C19H26N6O4/c1-3-5-10-14(26)20-16-12(18(28)24-22-16)8-7-9-13-17(23-25-19(13)29)21-15(27)11-6-4-2/h7-9H,3-6,10-11H2,1-2H3,(H,24,28)(H,20,22,26)(H3,21,23,25,27,29).